The third-order valence-electron chi connectivity index (χ3n) is 3.56. The quantitative estimate of drug-likeness (QED) is 0.623. The van der Waals surface area contributed by atoms with Gasteiger partial charge < -0.3 is 9.64 Å². The Morgan fingerprint density at radius 1 is 1.30 bits per heavy atom. The first kappa shape index (κ1) is 14.3. The second-order valence-corrected chi connectivity index (χ2v) is 4.91. The van der Waals surface area contributed by atoms with E-state index in [1.807, 2.05) is 37.1 Å². The van der Waals surface area contributed by atoms with Crippen LogP contribution in [0.25, 0.3) is 0 Å². The zero-order valence-corrected chi connectivity index (χ0v) is 12.1. The first-order valence-electron chi connectivity index (χ1n) is 6.74. The maximum atomic E-state index is 12.5. The maximum Gasteiger partial charge on any atom is 0.314 e. The van der Waals surface area contributed by atoms with E-state index in [0.29, 0.717) is 24.4 Å². The van der Waals surface area contributed by atoms with Crippen molar-refractivity contribution >= 4 is 11.8 Å². The number of carbonyl (C=O) groups excluding carboxylic acids is 2. The molecule has 0 aliphatic carbocycles. The summed E-state index contributed by atoms with van der Waals surface area (Å²) in [5.41, 5.74) is 2.03. The van der Waals surface area contributed by atoms with Crippen molar-refractivity contribution in [1.82, 2.24) is 4.90 Å². The van der Waals surface area contributed by atoms with Gasteiger partial charge in [0.15, 0.2) is 0 Å². The number of hydrogen-bond donors (Lipinski definition) is 0. The van der Waals surface area contributed by atoms with Crippen LogP contribution in [0.2, 0.25) is 0 Å². The van der Waals surface area contributed by atoms with Gasteiger partial charge in [-0.3, -0.25) is 9.59 Å². The Morgan fingerprint density at radius 3 is 2.55 bits per heavy atom. The highest BCUT2D eigenvalue weighted by molar-refractivity contribution is 6.09. The first-order valence-corrected chi connectivity index (χ1v) is 6.74. The average molecular weight is 273 g/mol. The number of benzene rings is 1. The van der Waals surface area contributed by atoms with E-state index >= 15 is 0 Å². The second kappa shape index (κ2) is 5.90. The highest BCUT2D eigenvalue weighted by Crippen LogP contribution is 2.30. The molecular formula is C16H19NO3. The molecule has 0 N–H and O–H groups in total. The molecule has 1 aromatic carbocycles. The molecule has 0 aromatic heterocycles. The van der Waals surface area contributed by atoms with E-state index in [1.165, 1.54) is 0 Å². The zero-order valence-electron chi connectivity index (χ0n) is 12.1. The Bertz CT molecular complexity index is 548. The van der Waals surface area contributed by atoms with E-state index in [9.17, 15) is 9.59 Å². The smallest absolute Gasteiger partial charge is 0.314 e. The molecule has 1 aliphatic rings. The SMILES string of the molecule is CCOC(=O)C1CN(C)C(C(=O)c2ccccc2)=C1C. The van der Waals surface area contributed by atoms with Crippen LogP contribution < -0.4 is 0 Å². The van der Waals surface area contributed by atoms with Crippen LogP contribution >= 0.6 is 0 Å². The number of likely N-dealkylation sites (N-methyl/N-ethyl adjacent to an activating group) is 1. The average Bonchev–Trinajstić information content (AvgIpc) is 2.75. The summed E-state index contributed by atoms with van der Waals surface area (Å²) >= 11 is 0. The van der Waals surface area contributed by atoms with E-state index in [4.69, 9.17) is 4.74 Å². The molecule has 4 heteroatoms. The fourth-order valence-corrected chi connectivity index (χ4v) is 2.54. The van der Waals surface area contributed by atoms with Crippen molar-refractivity contribution in [3.63, 3.8) is 0 Å². The Hall–Kier alpha value is -2.10. The van der Waals surface area contributed by atoms with Gasteiger partial charge in [-0.1, -0.05) is 30.3 Å². The van der Waals surface area contributed by atoms with Gasteiger partial charge in [0, 0.05) is 19.2 Å². The normalized spacial score (nSPS) is 18.4. The van der Waals surface area contributed by atoms with Crippen molar-refractivity contribution in [1.29, 1.82) is 0 Å². The molecule has 106 valence electrons. The summed E-state index contributed by atoms with van der Waals surface area (Å²) in [5.74, 6) is -0.646. The van der Waals surface area contributed by atoms with Gasteiger partial charge in [-0.05, 0) is 19.4 Å². The van der Waals surface area contributed by atoms with E-state index in [2.05, 4.69) is 0 Å². The van der Waals surface area contributed by atoms with Crippen LogP contribution in [-0.2, 0) is 9.53 Å². The predicted octanol–water partition coefficient (Wildman–Crippen LogP) is 2.27. The third-order valence-corrected chi connectivity index (χ3v) is 3.56. The van der Waals surface area contributed by atoms with Crippen molar-refractivity contribution in [3.8, 4) is 0 Å². The van der Waals surface area contributed by atoms with Crippen LogP contribution in [0.1, 0.15) is 24.2 Å². The van der Waals surface area contributed by atoms with Gasteiger partial charge in [0.2, 0.25) is 5.78 Å². The number of allylic oxidation sites excluding steroid dienone is 1. The number of ether oxygens (including phenoxy) is 1. The lowest BCUT2D eigenvalue weighted by atomic mass is 9.99. The Kier molecular flexibility index (Phi) is 4.23. The summed E-state index contributed by atoms with van der Waals surface area (Å²) < 4.78 is 5.07. The minimum absolute atomic E-state index is 0.0441. The molecule has 2 rings (SSSR count). The molecule has 0 spiro atoms. The largest absolute Gasteiger partial charge is 0.465 e. The highest BCUT2D eigenvalue weighted by Gasteiger charge is 2.35. The molecule has 1 heterocycles. The Balaban J connectivity index is 2.30. The summed E-state index contributed by atoms with van der Waals surface area (Å²) in [4.78, 5) is 26.3. The van der Waals surface area contributed by atoms with Gasteiger partial charge in [-0.25, -0.2) is 0 Å². The lowest BCUT2D eigenvalue weighted by Crippen LogP contribution is -2.25. The van der Waals surface area contributed by atoms with Crippen molar-refractivity contribution < 1.29 is 14.3 Å². The molecule has 1 unspecified atom stereocenters. The molecule has 0 fully saturated rings. The van der Waals surface area contributed by atoms with Gasteiger partial charge in [0.1, 0.15) is 0 Å². The molecule has 1 atom stereocenters. The lowest BCUT2D eigenvalue weighted by molar-refractivity contribution is -0.146. The molecule has 4 nitrogen and oxygen atoms in total. The number of esters is 1. The monoisotopic (exact) mass is 273 g/mol. The van der Waals surface area contributed by atoms with Crippen LogP contribution in [0.3, 0.4) is 0 Å². The van der Waals surface area contributed by atoms with Crippen molar-refractivity contribution in [3.05, 3.63) is 47.2 Å². The predicted molar refractivity (Wildman–Crippen MR) is 76.2 cm³/mol. The van der Waals surface area contributed by atoms with Crippen LogP contribution in [0, 0.1) is 5.92 Å². The summed E-state index contributed by atoms with van der Waals surface area (Å²) in [6, 6.07) is 9.11. The Labute approximate surface area is 119 Å². The van der Waals surface area contributed by atoms with Gasteiger partial charge >= 0.3 is 5.97 Å². The van der Waals surface area contributed by atoms with Gasteiger partial charge in [0.05, 0.1) is 18.2 Å². The zero-order chi connectivity index (χ0) is 14.7. The maximum absolute atomic E-state index is 12.5. The Morgan fingerprint density at radius 2 is 1.95 bits per heavy atom. The number of Topliss-reactive ketones (excluding diaryl/α,β-unsaturated/α-hetero) is 1. The number of carbonyl (C=O) groups is 2. The molecular weight excluding hydrogens is 254 g/mol. The fourth-order valence-electron chi connectivity index (χ4n) is 2.54. The summed E-state index contributed by atoms with van der Waals surface area (Å²) in [6.07, 6.45) is 0. The molecule has 1 aliphatic heterocycles. The number of hydrogen-bond acceptors (Lipinski definition) is 4. The van der Waals surface area contributed by atoms with Crippen molar-refractivity contribution in [2.24, 2.45) is 5.92 Å². The van der Waals surface area contributed by atoms with Crippen LogP contribution in [0.5, 0.6) is 0 Å². The van der Waals surface area contributed by atoms with E-state index in [0.717, 1.165) is 5.57 Å². The summed E-state index contributed by atoms with van der Waals surface area (Å²) in [5, 5.41) is 0. The molecule has 0 saturated carbocycles. The highest BCUT2D eigenvalue weighted by atomic mass is 16.5. The van der Waals surface area contributed by atoms with E-state index < -0.39 is 0 Å². The molecule has 0 saturated heterocycles. The third kappa shape index (κ3) is 2.59. The minimum atomic E-state index is -0.345. The summed E-state index contributed by atoms with van der Waals surface area (Å²) in [6.45, 7) is 4.47. The fraction of sp³-hybridized carbons (Fsp3) is 0.375. The topological polar surface area (TPSA) is 46.6 Å². The van der Waals surface area contributed by atoms with Crippen molar-refractivity contribution in [2.45, 2.75) is 13.8 Å². The van der Waals surface area contributed by atoms with E-state index in [-0.39, 0.29) is 17.7 Å². The number of ketones is 1. The molecule has 1 aromatic rings. The van der Waals surface area contributed by atoms with E-state index in [1.54, 1.807) is 19.1 Å². The van der Waals surface area contributed by atoms with Gasteiger partial charge in [0.25, 0.3) is 0 Å². The molecule has 0 bridgehead atoms. The number of nitrogens with zero attached hydrogens (tertiary/aromatic N) is 1. The van der Waals surface area contributed by atoms with Crippen molar-refractivity contribution in [2.75, 3.05) is 20.2 Å². The molecule has 0 radical (unpaired) electrons. The molecule has 20 heavy (non-hydrogen) atoms. The number of rotatable bonds is 4. The summed E-state index contributed by atoms with van der Waals surface area (Å²) in [7, 11) is 1.83. The molecule has 0 amide bonds. The minimum Gasteiger partial charge on any atom is -0.465 e. The lowest BCUT2D eigenvalue weighted by Gasteiger charge is -2.15. The standard InChI is InChI=1S/C16H19NO3/c1-4-20-16(19)13-10-17(3)14(11(13)2)15(18)12-8-6-5-7-9-12/h5-9,13H,4,10H2,1-3H3. The van der Waals surface area contributed by atoms with Gasteiger partial charge in [-0.2, -0.15) is 0 Å². The van der Waals surface area contributed by atoms with Crippen LogP contribution in [0.15, 0.2) is 41.6 Å². The van der Waals surface area contributed by atoms with Crippen LogP contribution in [0.4, 0.5) is 0 Å². The first-order chi connectivity index (χ1) is 9.56. The second-order valence-electron chi connectivity index (χ2n) is 4.91. The van der Waals surface area contributed by atoms with Crippen LogP contribution in [-0.4, -0.2) is 36.9 Å². The van der Waals surface area contributed by atoms with Gasteiger partial charge in [-0.15, -0.1) is 0 Å².